The molecule has 3 heterocycles. The Kier molecular flexibility index (Phi) is 10.9. The monoisotopic (exact) mass is 387 g/mol. The molecule has 0 saturated carbocycles. The fraction of sp³-hybridized carbons (Fsp3) is 0.571. The van der Waals surface area contributed by atoms with Gasteiger partial charge in [0.2, 0.25) is 0 Å². The molecule has 0 atom stereocenters. The zero-order chi connectivity index (χ0) is 20.9. The van der Waals surface area contributed by atoms with Crippen LogP contribution < -0.4 is 16.5 Å². The number of pyridine rings is 1. The van der Waals surface area contributed by atoms with Crippen molar-refractivity contribution in [1.29, 1.82) is 0 Å². The summed E-state index contributed by atoms with van der Waals surface area (Å²) in [5, 5.41) is 7.88. The van der Waals surface area contributed by atoms with Crippen molar-refractivity contribution in [2.24, 2.45) is 10.1 Å². The number of allylic oxidation sites excluding steroid dienone is 1. The van der Waals surface area contributed by atoms with E-state index in [0.29, 0.717) is 12.4 Å². The summed E-state index contributed by atoms with van der Waals surface area (Å²) in [6.07, 6.45) is 2.96. The molecule has 1 fully saturated rings. The zero-order valence-electron chi connectivity index (χ0n) is 18.3. The van der Waals surface area contributed by atoms with Gasteiger partial charge in [-0.2, -0.15) is 5.10 Å². The second-order valence-corrected chi connectivity index (χ2v) is 6.27. The van der Waals surface area contributed by atoms with Crippen molar-refractivity contribution >= 4 is 17.4 Å². The van der Waals surface area contributed by atoms with Crippen molar-refractivity contribution < 1.29 is 0 Å². The normalized spacial score (nSPS) is 19.0. The lowest BCUT2D eigenvalue weighted by Gasteiger charge is -2.31. The summed E-state index contributed by atoms with van der Waals surface area (Å²) in [4.78, 5) is 11.0. The molecule has 28 heavy (non-hydrogen) atoms. The van der Waals surface area contributed by atoms with Gasteiger partial charge in [-0.15, -0.1) is 0 Å². The van der Waals surface area contributed by atoms with E-state index in [9.17, 15) is 0 Å². The number of piperazine rings is 1. The van der Waals surface area contributed by atoms with E-state index in [1.54, 1.807) is 6.20 Å². The van der Waals surface area contributed by atoms with E-state index < -0.39 is 0 Å². The van der Waals surface area contributed by atoms with Gasteiger partial charge in [0.1, 0.15) is 11.5 Å². The highest BCUT2D eigenvalue weighted by atomic mass is 15.4. The van der Waals surface area contributed by atoms with Gasteiger partial charge in [-0.25, -0.2) is 4.98 Å². The third-order valence-corrected chi connectivity index (χ3v) is 4.07. The van der Waals surface area contributed by atoms with Gasteiger partial charge in [0.15, 0.2) is 5.84 Å². The van der Waals surface area contributed by atoms with E-state index >= 15 is 0 Å². The Labute approximate surface area is 170 Å². The Morgan fingerprint density at radius 3 is 2.43 bits per heavy atom. The van der Waals surface area contributed by atoms with Gasteiger partial charge in [0.05, 0.1) is 5.57 Å². The fourth-order valence-corrected chi connectivity index (χ4v) is 2.91. The molecule has 0 amide bonds. The first kappa shape index (κ1) is 23.6. The van der Waals surface area contributed by atoms with Crippen LogP contribution in [0, 0.1) is 0 Å². The number of anilines is 1. The number of nitrogens with zero attached hydrogens (tertiary/aromatic N) is 4. The van der Waals surface area contributed by atoms with Crippen LogP contribution in [0.2, 0.25) is 0 Å². The van der Waals surface area contributed by atoms with Crippen LogP contribution in [0.25, 0.3) is 0 Å². The molecule has 7 heteroatoms. The van der Waals surface area contributed by atoms with Crippen molar-refractivity contribution in [2.75, 3.05) is 38.5 Å². The molecule has 0 unspecified atom stereocenters. The first-order valence-electron chi connectivity index (χ1n) is 10.4. The van der Waals surface area contributed by atoms with Gasteiger partial charge in [-0.3, -0.25) is 10.4 Å². The molecule has 7 nitrogen and oxygen atoms in total. The molecule has 0 aliphatic carbocycles. The predicted molar refractivity (Wildman–Crippen MR) is 121 cm³/mol. The van der Waals surface area contributed by atoms with Gasteiger partial charge < -0.3 is 16.0 Å². The standard InChI is InChI=1S/C16H23N7.C3H8.C2H6/c1-3-19-16-14(11(2)23-8-6-18-7-9-23)15(21-22-16)12-4-5-20-13(17)10-12;1-3-2;1-2/h4-5,10,18H,3,6-9H2,1-2H3,(H2,17,20)(H,19,22);3H2,1-2H3;1-2H3/b14-11+;;. The van der Waals surface area contributed by atoms with Gasteiger partial charge >= 0.3 is 0 Å². The van der Waals surface area contributed by atoms with Gasteiger partial charge in [0.25, 0.3) is 0 Å². The maximum atomic E-state index is 5.83. The largest absolute Gasteiger partial charge is 0.384 e. The molecule has 0 radical (unpaired) electrons. The highest BCUT2D eigenvalue weighted by Gasteiger charge is 2.27. The average molecular weight is 388 g/mol. The number of aromatic nitrogens is 1. The second-order valence-electron chi connectivity index (χ2n) is 6.27. The number of hydrazone groups is 1. The van der Waals surface area contributed by atoms with Crippen molar-refractivity contribution in [1.82, 2.24) is 20.6 Å². The molecule has 0 aromatic carbocycles. The van der Waals surface area contributed by atoms with Crippen LogP contribution in [0.1, 0.15) is 53.5 Å². The molecule has 3 rings (SSSR count). The molecule has 156 valence electrons. The molecule has 1 saturated heterocycles. The zero-order valence-corrected chi connectivity index (χ0v) is 18.3. The lowest BCUT2D eigenvalue weighted by atomic mass is 10.0. The molecule has 0 spiro atoms. The van der Waals surface area contributed by atoms with Crippen molar-refractivity contribution in [3.63, 3.8) is 0 Å². The van der Waals surface area contributed by atoms with Crippen LogP contribution in [0.4, 0.5) is 5.82 Å². The molecular formula is C21H37N7. The Bertz CT molecular complexity index is 686. The third kappa shape index (κ3) is 6.34. The summed E-state index contributed by atoms with van der Waals surface area (Å²) in [6, 6.07) is 3.78. The van der Waals surface area contributed by atoms with Crippen molar-refractivity contribution in [3.05, 3.63) is 35.2 Å². The highest BCUT2D eigenvalue weighted by molar-refractivity contribution is 6.32. The maximum Gasteiger partial charge on any atom is 0.152 e. The minimum absolute atomic E-state index is 0.491. The first-order valence-corrected chi connectivity index (χ1v) is 10.4. The lowest BCUT2D eigenvalue weighted by molar-refractivity contribution is 0.299. The molecule has 0 bridgehead atoms. The Balaban J connectivity index is 0.000000717. The van der Waals surface area contributed by atoms with Gasteiger partial charge in [0, 0.05) is 50.2 Å². The number of hydrogen-bond acceptors (Lipinski definition) is 6. The van der Waals surface area contributed by atoms with Crippen molar-refractivity contribution in [2.45, 2.75) is 48.0 Å². The number of nitrogens with two attached hydrogens (primary N) is 1. The maximum absolute atomic E-state index is 5.83. The summed E-state index contributed by atoms with van der Waals surface area (Å²) < 4.78 is 0. The van der Waals surface area contributed by atoms with Gasteiger partial charge in [-0.1, -0.05) is 34.1 Å². The van der Waals surface area contributed by atoms with Crippen LogP contribution in [-0.4, -0.2) is 54.2 Å². The first-order chi connectivity index (χ1) is 13.6. The highest BCUT2D eigenvalue weighted by Crippen LogP contribution is 2.22. The number of nitrogens with one attached hydrogen (secondary N) is 2. The van der Waals surface area contributed by atoms with Crippen LogP contribution >= 0.6 is 0 Å². The lowest BCUT2D eigenvalue weighted by Crippen LogP contribution is -2.43. The summed E-state index contributed by atoms with van der Waals surface area (Å²) in [6.45, 7) is 17.1. The Morgan fingerprint density at radius 1 is 1.21 bits per heavy atom. The third-order valence-electron chi connectivity index (χ3n) is 4.07. The molecular weight excluding hydrogens is 350 g/mol. The minimum Gasteiger partial charge on any atom is -0.384 e. The average Bonchev–Trinajstić information content (AvgIpc) is 3.14. The molecule has 4 N–H and O–H groups in total. The van der Waals surface area contributed by atoms with Crippen LogP contribution in [0.3, 0.4) is 0 Å². The number of amidine groups is 1. The number of aliphatic imine (C=N–C) groups is 1. The summed E-state index contributed by atoms with van der Waals surface area (Å²) in [5.74, 6) is 1.32. The Hall–Kier alpha value is -2.41. The van der Waals surface area contributed by atoms with Crippen molar-refractivity contribution in [3.8, 4) is 0 Å². The van der Waals surface area contributed by atoms with E-state index in [-0.39, 0.29) is 0 Å². The summed E-state index contributed by atoms with van der Waals surface area (Å²) >= 11 is 0. The molecule has 1 aromatic rings. The van der Waals surface area contributed by atoms with E-state index in [2.05, 4.69) is 51.5 Å². The predicted octanol–water partition coefficient (Wildman–Crippen LogP) is 3.01. The van der Waals surface area contributed by atoms with Gasteiger partial charge in [-0.05, 0) is 26.0 Å². The topological polar surface area (TPSA) is 90.9 Å². The fourth-order valence-electron chi connectivity index (χ4n) is 2.91. The minimum atomic E-state index is 0.491. The summed E-state index contributed by atoms with van der Waals surface area (Å²) in [7, 11) is 0. The van der Waals surface area contributed by atoms with E-state index in [4.69, 9.17) is 5.73 Å². The van der Waals surface area contributed by atoms with Crippen LogP contribution in [0.15, 0.2) is 39.7 Å². The van der Waals surface area contributed by atoms with E-state index in [0.717, 1.165) is 48.9 Å². The molecule has 1 aromatic heterocycles. The molecule has 2 aliphatic rings. The summed E-state index contributed by atoms with van der Waals surface area (Å²) in [5.41, 5.74) is 13.0. The quantitative estimate of drug-likeness (QED) is 0.742. The number of nitrogen functional groups attached to an aromatic ring is 1. The number of hydrogen-bond donors (Lipinski definition) is 3. The number of rotatable bonds is 3. The molecule has 2 aliphatic heterocycles. The van der Waals surface area contributed by atoms with Crippen LogP contribution in [0.5, 0.6) is 0 Å². The second kappa shape index (κ2) is 12.9. The van der Waals surface area contributed by atoms with E-state index in [1.807, 2.05) is 32.9 Å². The smallest absolute Gasteiger partial charge is 0.152 e. The van der Waals surface area contributed by atoms with Crippen LogP contribution in [-0.2, 0) is 0 Å². The SMILES string of the molecule is CC.CCC.CCN=C1NN=C(c2ccnc(N)c2)/C1=C(/C)N1CCNCC1. The van der Waals surface area contributed by atoms with E-state index in [1.165, 1.54) is 12.1 Å². The Morgan fingerprint density at radius 2 is 1.86 bits per heavy atom.